The maximum atomic E-state index is 12.3. The van der Waals surface area contributed by atoms with Crippen molar-refractivity contribution in [2.24, 2.45) is 0 Å². The first kappa shape index (κ1) is 14.5. The number of nitrogens with one attached hydrogen (secondary N) is 1. The molecule has 3 rings (SSSR count). The number of likely N-dealkylation sites (tertiary alicyclic amines) is 1. The second kappa shape index (κ2) is 6.56. The molecule has 1 aliphatic heterocycles. The van der Waals surface area contributed by atoms with E-state index in [9.17, 15) is 9.59 Å². The van der Waals surface area contributed by atoms with Crippen LogP contribution in [-0.4, -0.2) is 41.3 Å². The summed E-state index contributed by atoms with van der Waals surface area (Å²) in [5.74, 6) is -0.0368. The number of pyridine rings is 1. The molecule has 0 saturated carbocycles. The SMILES string of the molecule is O=C(NCCC(=O)N1CCCC1)c1ccnc2ccccc12. The zero-order valence-electron chi connectivity index (χ0n) is 12.4. The van der Waals surface area contributed by atoms with Gasteiger partial charge in [-0.15, -0.1) is 0 Å². The lowest BCUT2D eigenvalue weighted by Gasteiger charge is -2.15. The van der Waals surface area contributed by atoms with Crippen LogP contribution >= 0.6 is 0 Å². The molecule has 0 radical (unpaired) electrons. The van der Waals surface area contributed by atoms with Crippen molar-refractivity contribution < 1.29 is 9.59 Å². The van der Waals surface area contributed by atoms with Crippen LogP contribution in [0.5, 0.6) is 0 Å². The van der Waals surface area contributed by atoms with Gasteiger partial charge in [-0.2, -0.15) is 0 Å². The third-order valence-corrected chi connectivity index (χ3v) is 3.98. The molecule has 0 bridgehead atoms. The summed E-state index contributed by atoms with van der Waals surface area (Å²) in [7, 11) is 0. The summed E-state index contributed by atoms with van der Waals surface area (Å²) in [5, 5.41) is 3.66. The molecular formula is C17H19N3O2. The third-order valence-electron chi connectivity index (χ3n) is 3.98. The number of hydrogen-bond donors (Lipinski definition) is 1. The second-order valence-electron chi connectivity index (χ2n) is 5.47. The fourth-order valence-electron chi connectivity index (χ4n) is 2.80. The predicted molar refractivity (Wildman–Crippen MR) is 84.5 cm³/mol. The number of para-hydroxylation sites is 1. The lowest BCUT2D eigenvalue weighted by Crippen LogP contribution is -2.32. The van der Waals surface area contributed by atoms with Crippen LogP contribution in [0.1, 0.15) is 29.6 Å². The van der Waals surface area contributed by atoms with Crippen LogP contribution < -0.4 is 5.32 Å². The molecule has 2 heterocycles. The normalized spacial score (nSPS) is 14.3. The molecule has 1 aromatic carbocycles. The first-order valence-corrected chi connectivity index (χ1v) is 7.65. The van der Waals surface area contributed by atoms with E-state index in [4.69, 9.17) is 0 Å². The molecule has 22 heavy (non-hydrogen) atoms. The molecule has 1 saturated heterocycles. The Morgan fingerprint density at radius 1 is 1.14 bits per heavy atom. The van der Waals surface area contributed by atoms with Crippen molar-refractivity contribution in [3.8, 4) is 0 Å². The van der Waals surface area contributed by atoms with Gasteiger partial charge in [0, 0.05) is 37.6 Å². The Balaban J connectivity index is 1.60. The van der Waals surface area contributed by atoms with E-state index in [0.29, 0.717) is 18.5 Å². The summed E-state index contributed by atoms with van der Waals surface area (Å²) in [4.78, 5) is 30.4. The zero-order valence-corrected chi connectivity index (χ0v) is 12.4. The van der Waals surface area contributed by atoms with E-state index in [1.54, 1.807) is 12.3 Å². The Morgan fingerprint density at radius 3 is 2.73 bits per heavy atom. The van der Waals surface area contributed by atoms with Gasteiger partial charge in [0.25, 0.3) is 5.91 Å². The number of fused-ring (bicyclic) bond motifs is 1. The van der Waals surface area contributed by atoms with Crippen molar-refractivity contribution >= 4 is 22.7 Å². The molecule has 0 unspecified atom stereocenters. The molecular weight excluding hydrogens is 278 g/mol. The van der Waals surface area contributed by atoms with Gasteiger partial charge < -0.3 is 10.2 Å². The highest BCUT2D eigenvalue weighted by atomic mass is 16.2. The van der Waals surface area contributed by atoms with Crippen LogP contribution in [0.3, 0.4) is 0 Å². The minimum Gasteiger partial charge on any atom is -0.351 e. The fraction of sp³-hybridized carbons (Fsp3) is 0.353. The van der Waals surface area contributed by atoms with Crippen molar-refractivity contribution in [3.05, 3.63) is 42.1 Å². The first-order chi connectivity index (χ1) is 10.8. The average molecular weight is 297 g/mol. The van der Waals surface area contributed by atoms with E-state index >= 15 is 0 Å². The smallest absolute Gasteiger partial charge is 0.252 e. The molecule has 1 N–H and O–H groups in total. The van der Waals surface area contributed by atoms with Crippen LogP contribution in [0.15, 0.2) is 36.5 Å². The summed E-state index contributed by atoms with van der Waals surface area (Å²) in [6, 6.07) is 9.25. The maximum Gasteiger partial charge on any atom is 0.252 e. The van der Waals surface area contributed by atoms with Gasteiger partial charge >= 0.3 is 0 Å². The number of hydrogen-bond acceptors (Lipinski definition) is 3. The zero-order chi connectivity index (χ0) is 15.4. The van der Waals surface area contributed by atoms with Crippen molar-refractivity contribution in [2.45, 2.75) is 19.3 Å². The van der Waals surface area contributed by atoms with Gasteiger partial charge in [0.1, 0.15) is 0 Å². The molecule has 1 aliphatic rings. The topological polar surface area (TPSA) is 62.3 Å². The molecule has 0 aliphatic carbocycles. The highest BCUT2D eigenvalue weighted by molar-refractivity contribution is 6.06. The number of benzene rings is 1. The standard InChI is InChI=1S/C17H19N3O2/c21-16(20-11-3-4-12-20)8-10-19-17(22)14-7-9-18-15-6-2-1-5-13(14)15/h1-2,5-7,9H,3-4,8,10-12H2,(H,19,22). The maximum absolute atomic E-state index is 12.3. The van der Waals surface area contributed by atoms with Gasteiger partial charge in [-0.1, -0.05) is 18.2 Å². The van der Waals surface area contributed by atoms with Crippen molar-refractivity contribution in [2.75, 3.05) is 19.6 Å². The van der Waals surface area contributed by atoms with E-state index in [1.807, 2.05) is 29.2 Å². The predicted octanol–water partition coefficient (Wildman–Crippen LogP) is 1.98. The molecule has 1 fully saturated rings. The number of aromatic nitrogens is 1. The van der Waals surface area contributed by atoms with Gasteiger partial charge in [0.05, 0.1) is 11.1 Å². The number of nitrogens with zero attached hydrogens (tertiary/aromatic N) is 2. The van der Waals surface area contributed by atoms with Crippen LogP contribution in [-0.2, 0) is 4.79 Å². The van der Waals surface area contributed by atoms with E-state index in [2.05, 4.69) is 10.3 Å². The van der Waals surface area contributed by atoms with Crippen LogP contribution in [0, 0.1) is 0 Å². The van der Waals surface area contributed by atoms with E-state index in [1.165, 1.54) is 0 Å². The molecule has 0 atom stereocenters. The molecule has 2 aromatic rings. The minimum absolute atomic E-state index is 0.123. The summed E-state index contributed by atoms with van der Waals surface area (Å²) in [6.45, 7) is 2.06. The fourth-order valence-corrected chi connectivity index (χ4v) is 2.80. The summed E-state index contributed by atoms with van der Waals surface area (Å²) in [5.41, 5.74) is 1.39. The van der Waals surface area contributed by atoms with Gasteiger partial charge in [0.15, 0.2) is 0 Å². The van der Waals surface area contributed by atoms with E-state index < -0.39 is 0 Å². The lowest BCUT2D eigenvalue weighted by atomic mass is 10.1. The largest absolute Gasteiger partial charge is 0.351 e. The Hall–Kier alpha value is -2.43. The highest BCUT2D eigenvalue weighted by Crippen LogP contribution is 2.16. The number of carbonyl (C=O) groups excluding carboxylic acids is 2. The van der Waals surface area contributed by atoms with Crippen molar-refractivity contribution in [1.29, 1.82) is 0 Å². The van der Waals surface area contributed by atoms with Gasteiger partial charge in [0.2, 0.25) is 5.91 Å². The van der Waals surface area contributed by atoms with E-state index in [0.717, 1.165) is 36.8 Å². The quantitative estimate of drug-likeness (QED) is 0.938. The molecule has 1 aromatic heterocycles. The van der Waals surface area contributed by atoms with Gasteiger partial charge in [-0.05, 0) is 25.0 Å². The Morgan fingerprint density at radius 2 is 1.91 bits per heavy atom. The van der Waals surface area contributed by atoms with Gasteiger partial charge in [-0.3, -0.25) is 14.6 Å². The Labute approximate surface area is 129 Å². The Kier molecular flexibility index (Phi) is 4.32. The average Bonchev–Trinajstić information content (AvgIpc) is 3.08. The highest BCUT2D eigenvalue weighted by Gasteiger charge is 2.17. The van der Waals surface area contributed by atoms with Crippen molar-refractivity contribution in [3.63, 3.8) is 0 Å². The van der Waals surface area contributed by atoms with E-state index in [-0.39, 0.29) is 11.8 Å². The molecule has 114 valence electrons. The number of amides is 2. The summed E-state index contributed by atoms with van der Waals surface area (Å²) < 4.78 is 0. The summed E-state index contributed by atoms with van der Waals surface area (Å²) >= 11 is 0. The lowest BCUT2D eigenvalue weighted by molar-refractivity contribution is -0.129. The molecule has 5 heteroatoms. The molecule has 0 spiro atoms. The monoisotopic (exact) mass is 297 g/mol. The number of rotatable bonds is 4. The van der Waals surface area contributed by atoms with Crippen LogP contribution in [0.25, 0.3) is 10.9 Å². The second-order valence-corrected chi connectivity index (χ2v) is 5.47. The van der Waals surface area contributed by atoms with Crippen molar-refractivity contribution in [1.82, 2.24) is 15.2 Å². The van der Waals surface area contributed by atoms with Crippen LogP contribution in [0.4, 0.5) is 0 Å². The third kappa shape index (κ3) is 3.08. The molecule has 2 amide bonds. The summed E-state index contributed by atoms with van der Waals surface area (Å²) in [6.07, 6.45) is 4.16. The minimum atomic E-state index is -0.159. The Bertz CT molecular complexity index is 688. The number of carbonyl (C=O) groups is 2. The van der Waals surface area contributed by atoms with Gasteiger partial charge in [-0.25, -0.2) is 0 Å². The van der Waals surface area contributed by atoms with Crippen LogP contribution in [0.2, 0.25) is 0 Å². The molecule has 5 nitrogen and oxygen atoms in total. The first-order valence-electron chi connectivity index (χ1n) is 7.65.